The maximum absolute atomic E-state index is 12.4. The Bertz CT molecular complexity index is 434. The van der Waals surface area contributed by atoms with Crippen LogP contribution in [-0.4, -0.2) is 12.8 Å². The van der Waals surface area contributed by atoms with Crippen molar-refractivity contribution < 1.29 is 4.79 Å². The Morgan fingerprint density at radius 3 is 2.29 bits per heavy atom. The molecule has 4 rings (SSSR count). The number of hydrogen-bond donors (Lipinski definition) is 1. The number of rotatable bonds is 0. The number of Topliss-reactive ketones (excluding diaryl/α,β-unsaturated/α-hetero) is 1. The third kappa shape index (κ3) is 2.97. The zero-order valence-electron chi connectivity index (χ0n) is 16.9. The summed E-state index contributed by atoms with van der Waals surface area (Å²) in [5.41, 5.74) is 5.19. The second-order valence-electron chi connectivity index (χ2n) is 8.82. The van der Waals surface area contributed by atoms with Gasteiger partial charge in [0.05, 0.1) is 0 Å². The lowest BCUT2D eigenvalue weighted by Gasteiger charge is -2.59. The van der Waals surface area contributed by atoms with Crippen molar-refractivity contribution in [2.45, 2.75) is 91.9 Å². The molecule has 6 atom stereocenters. The van der Waals surface area contributed by atoms with Crippen LogP contribution in [0.25, 0.3) is 0 Å². The maximum atomic E-state index is 12.4. The fourth-order valence-electron chi connectivity index (χ4n) is 7.07. The molecule has 0 saturated heterocycles. The molecule has 0 spiro atoms. The van der Waals surface area contributed by atoms with Crippen molar-refractivity contribution >= 4 is 5.78 Å². The van der Waals surface area contributed by atoms with E-state index >= 15 is 0 Å². The highest BCUT2D eigenvalue weighted by molar-refractivity contribution is 5.87. The lowest BCUT2D eigenvalue weighted by Crippen LogP contribution is -2.52. The summed E-state index contributed by atoms with van der Waals surface area (Å²) in [5, 5.41) is 0. The summed E-state index contributed by atoms with van der Waals surface area (Å²) in [6, 6.07) is 0. The van der Waals surface area contributed by atoms with Crippen LogP contribution >= 0.6 is 0 Å². The number of carbonyl (C=O) groups excluding carboxylic acids is 1. The minimum absolute atomic E-state index is 0.0685. The molecule has 140 valence electrons. The smallest absolute Gasteiger partial charge is 0.139 e. The Morgan fingerprint density at radius 1 is 0.875 bits per heavy atom. The lowest BCUT2D eigenvalue weighted by atomic mass is 9.45. The summed E-state index contributed by atoms with van der Waals surface area (Å²) >= 11 is 0. The molecule has 0 bridgehead atoms. The van der Waals surface area contributed by atoms with Gasteiger partial charge in [-0.3, -0.25) is 4.79 Å². The molecule has 0 heterocycles. The van der Waals surface area contributed by atoms with Gasteiger partial charge < -0.3 is 5.73 Å². The van der Waals surface area contributed by atoms with Gasteiger partial charge in [-0.15, -0.1) is 0 Å². The quantitative estimate of drug-likeness (QED) is 0.627. The van der Waals surface area contributed by atoms with Crippen LogP contribution < -0.4 is 5.73 Å². The summed E-state index contributed by atoms with van der Waals surface area (Å²) < 4.78 is 0. The van der Waals surface area contributed by atoms with Gasteiger partial charge in [0.15, 0.2) is 0 Å². The van der Waals surface area contributed by atoms with Crippen LogP contribution in [0.4, 0.5) is 0 Å². The van der Waals surface area contributed by atoms with Crippen molar-refractivity contribution in [3.8, 4) is 0 Å². The molecule has 2 N–H and O–H groups in total. The van der Waals surface area contributed by atoms with Crippen LogP contribution in [0.15, 0.2) is 0 Å². The Kier molecular flexibility index (Phi) is 6.56. The summed E-state index contributed by atoms with van der Waals surface area (Å²) in [4.78, 5) is 12.4. The van der Waals surface area contributed by atoms with Gasteiger partial charge in [-0.05, 0) is 81.1 Å². The van der Waals surface area contributed by atoms with Gasteiger partial charge in [0.2, 0.25) is 0 Å². The SMILES string of the molecule is CC.CC12CCC3C(CCC4CCCCC43C)C1CCC2=O.CN. The molecule has 4 fully saturated rings. The number of fused-ring (bicyclic) bond motifs is 5. The topological polar surface area (TPSA) is 43.1 Å². The Balaban J connectivity index is 0.000000487. The molecule has 0 aromatic heterocycles. The van der Waals surface area contributed by atoms with E-state index in [9.17, 15) is 4.79 Å². The molecular weight excluding hydrogens is 294 g/mol. The van der Waals surface area contributed by atoms with E-state index in [4.69, 9.17) is 0 Å². The zero-order chi connectivity index (χ0) is 18.0. The van der Waals surface area contributed by atoms with Crippen molar-refractivity contribution in [2.75, 3.05) is 7.05 Å². The van der Waals surface area contributed by atoms with Gasteiger partial charge >= 0.3 is 0 Å². The van der Waals surface area contributed by atoms with Crippen LogP contribution in [0.1, 0.15) is 91.9 Å². The summed E-state index contributed by atoms with van der Waals surface area (Å²) in [5.74, 6) is 4.13. The van der Waals surface area contributed by atoms with Gasteiger partial charge in [0, 0.05) is 11.8 Å². The van der Waals surface area contributed by atoms with Crippen molar-refractivity contribution in [3.63, 3.8) is 0 Å². The molecule has 24 heavy (non-hydrogen) atoms. The molecule has 4 aliphatic carbocycles. The second kappa shape index (κ2) is 7.89. The normalized spacial score (nSPS) is 46.3. The van der Waals surface area contributed by atoms with Gasteiger partial charge in [-0.2, -0.15) is 0 Å². The molecule has 4 saturated carbocycles. The molecule has 0 aliphatic heterocycles. The lowest BCUT2D eigenvalue weighted by molar-refractivity contribution is -0.138. The van der Waals surface area contributed by atoms with E-state index in [1.165, 1.54) is 64.8 Å². The third-order valence-corrected chi connectivity index (χ3v) is 8.29. The predicted octanol–water partition coefficient (Wildman–Crippen LogP) is 5.59. The van der Waals surface area contributed by atoms with Crippen molar-refractivity contribution in [1.82, 2.24) is 0 Å². The second-order valence-corrected chi connectivity index (χ2v) is 8.82. The molecule has 2 heteroatoms. The van der Waals surface area contributed by atoms with Gasteiger partial charge in [-0.1, -0.05) is 40.5 Å². The largest absolute Gasteiger partial charge is 0.333 e. The third-order valence-electron chi connectivity index (χ3n) is 8.29. The van der Waals surface area contributed by atoms with Gasteiger partial charge in [-0.25, -0.2) is 0 Å². The number of hydrogen-bond acceptors (Lipinski definition) is 2. The highest BCUT2D eigenvalue weighted by Crippen LogP contribution is 2.65. The average Bonchev–Trinajstić information content (AvgIpc) is 2.93. The first-order valence-electron chi connectivity index (χ1n) is 10.7. The van der Waals surface area contributed by atoms with Crippen molar-refractivity contribution in [2.24, 2.45) is 40.2 Å². The van der Waals surface area contributed by atoms with E-state index in [-0.39, 0.29) is 5.41 Å². The fraction of sp³-hybridized carbons (Fsp3) is 0.955. The monoisotopic (exact) mass is 335 g/mol. The summed E-state index contributed by atoms with van der Waals surface area (Å²) in [6.07, 6.45) is 13.4. The fourth-order valence-corrected chi connectivity index (χ4v) is 7.07. The average molecular weight is 336 g/mol. The van der Waals surface area contributed by atoms with Crippen molar-refractivity contribution in [3.05, 3.63) is 0 Å². The van der Waals surface area contributed by atoms with E-state index in [1.807, 2.05) is 13.8 Å². The van der Waals surface area contributed by atoms with Crippen molar-refractivity contribution in [1.29, 1.82) is 0 Å². The molecular formula is C22H41NO. The molecule has 0 aromatic carbocycles. The standard InChI is InChI=1S/C19H30O.C2H6.CH5N/c1-18-11-4-3-5-13(18)6-7-14-15-8-9-17(20)19(15,2)12-10-16(14)18;2*1-2/h13-16H,3-12H2,1-2H3;1-2H3;2H2,1H3. The predicted molar refractivity (Wildman–Crippen MR) is 103 cm³/mol. The molecule has 0 aromatic rings. The van der Waals surface area contributed by atoms with Crippen LogP contribution in [0, 0.1) is 34.5 Å². The van der Waals surface area contributed by atoms with Gasteiger partial charge in [0.25, 0.3) is 0 Å². The number of carbonyl (C=O) groups is 1. The molecule has 0 radical (unpaired) electrons. The Labute approximate surface area is 150 Å². The number of ketones is 1. The number of nitrogens with two attached hydrogens (primary N) is 1. The summed E-state index contributed by atoms with van der Waals surface area (Å²) in [7, 11) is 1.50. The van der Waals surface area contributed by atoms with Crippen LogP contribution in [0.5, 0.6) is 0 Å². The first-order valence-corrected chi connectivity index (χ1v) is 10.7. The van der Waals surface area contributed by atoms with Crippen LogP contribution in [-0.2, 0) is 4.79 Å². The van der Waals surface area contributed by atoms with Gasteiger partial charge in [0.1, 0.15) is 5.78 Å². The molecule has 6 unspecified atom stereocenters. The van der Waals surface area contributed by atoms with E-state index in [0.29, 0.717) is 11.2 Å². The Morgan fingerprint density at radius 2 is 1.58 bits per heavy atom. The van der Waals surface area contributed by atoms with E-state index in [2.05, 4.69) is 19.6 Å². The highest BCUT2D eigenvalue weighted by Gasteiger charge is 2.59. The van der Waals surface area contributed by atoms with E-state index in [0.717, 1.165) is 30.1 Å². The molecule has 2 nitrogen and oxygen atoms in total. The Hall–Kier alpha value is -0.370. The highest BCUT2D eigenvalue weighted by atomic mass is 16.1. The van der Waals surface area contributed by atoms with Crippen LogP contribution in [0.3, 0.4) is 0 Å². The first kappa shape index (κ1) is 19.9. The zero-order valence-corrected chi connectivity index (χ0v) is 16.9. The van der Waals surface area contributed by atoms with Crippen LogP contribution in [0.2, 0.25) is 0 Å². The summed E-state index contributed by atoms with van der Waals surface area (Å²) in [6.45, 7) is 8.92. The van der Waals surface area contributed by atoms with E-state index in [1.54, 1.807) is 0 Å². The molecule has 4 aliphatic rings. The minimum atomic E-state index is 0.0685. The minimum Gasteiger partial charge on any atom is -0.333 e. The molecule has 0 amide bonds. The maximum Gasteiger partial charge on any atom is 0.139 e. The first-order chi connectivity index (χ1) is 11.6. The van der Waals surface area contributed by atoms with E-state index < -0.39 is 0 Å².